The number of fused-ring (bicyclic) bond motifs is 1. The van der Waals surface area contributed by atoms with Gasteiger partial charge in [-0.15, -0.1) is 0 Å². The van der Waals surface area contributed by atoms with E-state index in [4.69, 9.17) is 5.11 Å². The van der Waals surface area contributed by atoms with Crippen molar-refractivity contribution in [2.24, 2.45) is 0 Å². The molecule has 0 amide bonds. The van der Waals surface area contributed by atoms with Crippen molar-refractivity contribution in [3.8, 4) is 0 Å². The van der Waals surface area contributed by atoms with E-state index in [1.165, 1.54) is 0 Å². The Labute approximate surface area is 113 Å². The zero-order valence-corrected chi connectivity index (χ0v) is 11.4. The topological polar surface area (TPSA) is 67.3 Å². The smallest absolute Gasteiger partial charge is 0.304 e. The van der Waals surface area contributed by atoms with Crippen molar-refractivity contribution in [2.45, 2.75) is 24.3 Å². The molecule has 0 saturated heterocycles. The summed E-state index contributed by atoms with van der Waals surface area (Å²) < 4.78 is 12.0. The van der Waals surface area contributed by atoms with E-state index >= 15 is 0 Å². The predicted molar refractivity (Wildman–Crippen MR) is 75.3 cm³/mol. The molecule has 1 N–H and O–H groups in total. The Morgan fingerprint density at radius 2 is 2.05 bits per heavy atom. The number of pyridine rings is 1. The molecule has 100 valence electrons. The fraction of sp³-hybridized carbons (Fsp3) is 0.286. The van der Waals surface area contributed by atoms with Gasteiger partial charge in [-0.2, -0.15) is 0 Å². The minimum atomic E-state index is -1.22. The summed E-state index contributed by atoms with van der Waals surface area (Å²) in [6.45, 7) is 1.69. The first-order valence-corrected chi connectivity index (χ1v) is 7.38. The van der Waals surface area contributed by atoms with E-state index in [9.17, 15) is 9.00 Å². The molecule has 1 heterocycles. The summed E-state index contributed by atoms with van der Waals surface area (Å²) in [6.07, 6.45) is -0.0831. The number of rotatable bonds is 5. The highest BCUT2D eigenvalue weighted by atomic mass is 32.2. The largest absolute Gasteiger partial charge is 0.481 e. The Bertz CT molecular complexity index is 627. The molecule has 2 rings (SSSR count). The molecule has 0 saturated carbocycles. The van der Waals surface area contributed by atoms with Gasteiger partial charge in [-0.1, -0.05) is 31.2 Å². The lowest BCUT2D eigenvalue weighted by Gasteiger charge is -2.09. The molecule has 0 aliphatic carbocycles. The van der Waals surface area contributed by atoms with E-state index in [1.54, 1.807) is 6.92 Å². The number of aromatic nitrogens is 1. The van der Waals surface area contributed by atoms with E-state index in [0.29, 0.717) is 5.75 Å². The van der Waals surface area contributed by atoms with Crippen LogP contribution in [0.5, 0.6) is 0 Å². The number of carbonyl (C=O) groups is 1. The van der Waals surface area contributed by atoms with Crippen molar-refractivity contribution in [3.63, 3.8) is 0 Å². The standard InChI is InChI=1S/C14H15NO3S/c1-10(8-14(16)17)19(18)9-12-7-6-11-4-2-3-5-13(11)15-12/h2-7,10H,8-9H2,1H3,(H,16,17). The van der Waals surface area contributed by atoms with Crippen LogP contribution in [0.4, 0.5) is 0 Å². The van der Waals surface area contributed by atoms with E-state index < -0.39 is 16.8 Å². The van der Waals surface area contributed by atoms with Crippen molar-refractivity contribution in [1.82, 2.24) is 4.98 Å². The second-order valence-electron chi connectivity index (χ2n) is 4.43. The van der Waals surface area contributed by atoms with Gasteiger partial charge in [0.15, 0.2) is 0 Å². The third-order valence-corrected chi connectivity index (χ3v) is 4.50. The molecule has 0 aliphatic rings. The summed E-state index contributed by atoms with van der Waals surface area (Å²) >= 11 is 0. The molecule has 5 heteroatoms. The van der Waals surface area contributed by atoms with E-state index in [1.807, 2.05) is 36.4 Å². The van der Waals surface area contributed by atoms with E-state index in [2.05, 4.69) is 4.98 Å². The van der Waals surface area contributed by atoms with Crippen LogP contribution in [0, 0.1) is 0 Å². The van der Waals surface area contributed by atoms with Gasteiger partial charge in [0.25, 0.3) is 0 Å². The van der Waals surface area contributed by atoms with Gasteiger partial charge in [0.1, 0.15) is 0 Å². The Balaban J connectivity index is 2.12. The molecule has 0 radical (unpaired) electrons. The van der Waals surface area contributed by atoms with Crippen LogP contribution in [0.3, 0.4) is 0 Å². The second-order valence-corrected chi connectivity index (χ2v) is 6.28. The number of nitrogens with zero attached hydrogens (tertiary/aromatic N) is 1. The van der Waals surface area contributed by atoms with Gasteiger partial charge in [-0.3, -0.25) is 14.0 Å². The normalized spacial score (nSPS) is 14.2. The minimum absolute atomic E-state index is 0.0831. The Morgan fingerprint density at radius 1 is 1.32 bits per heavy atom. The number of carboxylic acid groups (broad SMARTS) is 1. The van der Waals surface area contributed by atoms with Crippen LogP contribution in [-0.2, 0) is 21.3 Å². The maximum Gasteiger partial charge on any atom is 0.304 e. The highest BCUT2D eigenvalue weighted by molar-refractivity contribution is 7.84. The van der Waals surface area contributed by atoms with E-state index in [0.717, 1.165) is 16.6 Å². The molecule has 0 aliphatic heterocycles. The number of aliphatic carboxylic acids is 1. The molecule has 2 unspecified atom stereocenters. The fourth-order valence-corrected chi connectivity index (χ4v) is 2.88. The SMILES string of the molecule is CC(CC(=O)O)S(=O)Cc1ccc2ccccc2n1. The second kappa shape index (κ2) is 5.93. The van der Waals surface area contributed by atoms with Crippen LogP contribution in [0.1, 0.15) is 19.0 Å². The first-order valence-electron chi connectivity index (χ1n) is 6.00. The van der Waals surface area contributed by atoms with Gasteiger partial charge in [-0.25, -0.2) is 0 Å². The fourth-order valence-electron chi connectivity index (χ4n) is 1.82. The van der Waals surface area contributed by atoms with Crippen molar-refractivity contribution in [2.75, 3.05) is 0 Å². The molecule has 0 bridgehead atoms. The van der Waals surface area contributed by atoms with Crippen molar-refractivity contribution < 1.29 is 14.1 Å². The van der Waals surface area contributed by atoms with Crippen molar-refractivity contribution in [3.05, 3.63) is 42.1 Å². The van der Waals surface area contributed by atoms with Gasteiger partial charge >= 0.3 is 5.97 Å². The monoisotopic (exact) mass is 277 g/mol. The quantitative estimate of drug-likeness (QED) is 0.911. The van der Waals surface area contributed by atoms with Crippen LogP contribution >= 0.6 is 0 Å². The van der Waals surface area contributed by atoms with Crippen LogP contribution in [-0.4, -0.2) is 25.5 Å². The molecule has 1 aromatic carbocycles. The lowest BCUT2D eigenvalue weighted by atomic mass is 10.2. The number of para-hydroxylation sites is 1. The minimum Gasteiger partial charge on any atom is -0.481 e. The average molecular weight is 277 g/mol. The van der Waals surface area contributed by atoms with E-state index in [-0.39, 0.29) is 11.7 Å². The highest BCUT2D eigenvalue weighted by Crippen LogP contribution is 2.14. The molecule has 2 atom stereocenters. The Morgan fingerprint density at radius 3 is 2.79 bits per heavy atom. The zero-order valence-electron chi connectivity index (χ0n) is 10.6. The van der Waals surface area contributed by atoms with Gasteiger partial charge in [-0.05, 0) is 12.1 Å². The number of carboxylic acids is 1. The summed E-state index contributed by atoms with van der Waals surface area (Å²) in [6, 6.07) is 11.5. The third-order valence-electron chi connectivity index (χ3n) is 2.86. The van der Waals surface area contributed by atoms with Gasteiger partial charge in [0, 0.05) is 21.4 Å². The lowest BCUT2D eigenvalue weighted by Crippen LogP contribution is -2.17. The molecular formula is C14H15NO3S. The van der Waals surface area contributed by atoms with Crippen LogP contribution < -0.4 is 0 Å². The first kappa shape index (κ1) is 13.7. The number of benzene rings is 1. The van der Waals surface area contributed by atoms with Gasteiger partial charge in [0.05, 0.1) is 23.4 Å². The summed E-state index contributed by atoms with van der Waals surface area (Å²) in [7, 11) is -1.22. The molecule has 2 aromatic rings. The van der Waals surface area contributed by atoms with Crippen molar-refractivity contribution in [1.29, 1.82) is 0 Å². The molecule has 19 heavy (non-hydrogen) atoms. The van der Waals surface area contributed by atoms with Crippen molar-refractivity contribution >= 4 is 27.7 Å². The van der Waals surface area contributed by atoms with Gasteiger partial charge < -0.3 is 5.11 Å². The number of hydrogen-bond acceptors (Lipinski definition) is 3. The molecule has 4 nitrogen and oxygen atoms in total. The lowest BCUT2D eigenvalue weighted by molar-refractivity contribution is -0.136. The molecule has 0 fully saturated rings. The first-order chi connectivity index (χ1) is 9.06. The molecular weight excluding hydrogens is 262 g/mol. The maximum atomic E-state index is 12.0. The molecule has 0 spiro atoms. The average Bonchev–Trinajstić information content (AvgIpc) is 2.37. The van der Waals surface area contributed by atoms with Gasteiger partial charge in [0.2, 0.25) is 0 Å². The Hall–Kier alpha value is -1.75. The maximum absolute atomic E-state index is 12.0. The van der Waals surface area contributed by atoms with Crippen LogP contribution in [0.25, 0.3) is 10.9 Å². The summed E-state index contributed by atoms with van der Waals surface area (Å²) in [4.78, 5) is 15.0. The predicted octanol–water partition coefficient (Wildman–Crippen LogP) is 2.35. The zero-order chi connectivity index (χ0) is 13.8. The van der Waals surface area contributed by atoms with Crippen LogP contribution in [0.2, 0.25) is 0 Å². The number of hydrogen-bond donors (Lipinski definition) is 1. The highest BCUT2D eigenvalue weighted by Gasteiger charge is 2.15. The Kier molecular flexibility index (Phi) is 4.27. The summed E-state index contributed by atoms with van der Waals surface area (Å²) in [5.74, 6) is -0.633. The molecule has 1 aromatic heterocycles. The van der Waals surface area contributed by atoms with Crippen LogP contribution in [0.15, 0.2) is 36.4 Å². The summed E-state index contributed by atoms with van der Waals surface area (Å²) in [5.41, 5.74) is 1.59. The third kappa shape index (κ3) is 3.61. The summed E-state index contributed by atoms with van der Waals surface area (Å²) in [5, 5.41) is 9.36.